The molecule has 0 bridgehead atoms. The maximum Gasteiger partial charge on any atom is 0.223 e. The minimum Gasteiger partial charge on any atom is -0.352 e. The molecule has 1 aliphatic rings. The van der Waals surface area contributed by atoms with Crippen LogP contribution in [-0.2, 0) is 17.8 Å². The standard InChI is InChI=1S/C24H25ClN8O/c25-20-4-2-1-3-17(20)13-28-24-29-15-19-21(31-24)7-8-27-23(19)33-11-9-32(10-12-33)22(34)6-5-18-14-26-16-30-18/h1-4,7-8,14-16H,5-6,9-13H2,(H,26,30)(H,28,29,31). The predicted octanol–water partition coefficient (Wildman–Crippen LogP) is 3.29. The summed E-state index contributed by atoms with van der Waals surface area (Å²) in [6.07, 6.45) is 8.16. The number of halogens is 1. The minimum atomic E-state index is 0.158. The molecule has 4 heterocycles. The van der Waals surface area contributed by atoms with E-state index in [-0.39, 0.29) is 5.91 Å². The summed E-state index contributed by atoms with van der Waals surface area (Å²) < 4.78 is 0. The Hall–Kier alpha value is -3.72. The van der Waals surface area contributed by atoms with E-state index >= 15 is 0 Å². The number of carbonyl (C=O) groups is 1. The van der Waals surface area contributed by atoms with Gasteiger partial charge in [-0.15, -0.1) is 0 Å². The molecule has 0 radical (unpaired) electrons. The third-order valence-corrected chi connectivity index (χ3v) is 6.33. The van der Waals surface area contributed by atoms with Crippen LogP contribution in [0.25, 0.3) is 10.9 Å². The van der Waals surface area contributed by atoms with Gasteiger partial charge in [0.25, 0.3) is 0 Å². The van der Waals surface area contributed by atoms with Crippen molar-refractivity contribution in [3.05, 3.63) is 71.5 Å². The summed E-state index contributed by atoms with van der Waals surface area (Å²) in [5.74, 6) is 1.54. The van der Waals surface area contributed by atoms with Gasteiger partial charge in [-0.1, -0.05) is 29.8 Å². The zero-order valence-corrected chi connectivity index (χ0v) is 19.4. The van der Waals surface area contributed by atoms with Crippen LogP contribution >= 0.6 is 11.6 Å². The summed E-state index contributed by atoms with van der Waals surface area (Å²) in [7, 11) is 0. The average molecular weight is 477 g/mol. The molecule has 1 saturated heterocycles. The molecule has 5 rings (SSSR count). The SMILES string of the molecule is O=C(CCc1c[nH]cn1)N1CCN(c2nccc3nc(NCc4ccccc4Cl)ncc23)CC1. The molecule has 34 heavy (non-hydrogen) atoms. The number of pyridine rings is 1. The van der Waals surface area contributed by atoms with Crippen LogP contribution in [0.1, 0.15) is 17.7 Å². The molecule has 4 aromatic rings. The Kier molecular flexibility index (Phi) is 6.53. The van der Waals surface area contributed by atoms with Gasteiger partial charge in [0, 0.05) is 62.8 Å². The van der Waals surface area contributed by atoms with Crippen LogP contribution in [0.15, 0.2) is 55.2 Å². The number of piperazine rings is 1. The lowest BCUT2D eigenvalue weighted by Gasteiger charge is -2.35. The van der Waals surface area contributed by atoms with E-state index in [0.29, 0.717) is 56.5 Å². The highest BCUT2D eigenvalue weighted by atomic mass is 35.5. The first-order valence-corrected chi connectivity index (χ1v) is 11.6. The number of fused-ring (bicyclic) bond motifs is 1. The van der Waals surface area contributed by atoms with Crippen LogP contribution < -0.4 is 10.2 Å². The largest absolute Gasteiger partial charge is 0.352 e. The molecule has 1 amide bonds. The quantitative estimate of drug-likeness (QED) is 0.422. The van der Waals surface area contributed by atoms with Crippen LogP contribution in [0.5, 0.6) is 0 Å². The van der Waals surface area contributed by atoms with E-state index in [1.165, 1.54) is 0 Å². The van der Waals surface area contributed by atoms with Gasteiger partial charge in [-0.25, -0.2) is 19.9 Å². The van der Waals surface area contributed by atoms with Crippen molar-refractivity contribution >= 4 is 40.2 Å². The van der Waals surface area contributed by atoms with Crippen LogP contribution in [0.3, 0.4) is 0 Å². The topological polar surface area (TPSA) is 103 Å². The number of benzene rings is 1. The lowest BCUT2D eigenvalue weighted by Crippen LogP contribution is -2.49. The van der Waals surface area contributed by atoms with Crippen molar-refractivity contribution < 1.29 is 4.79 Å². The fourth-order valence-corrected chi connectivity index (χ4v) is 4.29. The molecular weight excluding hydrogens is 452 g/mol. The predicted molar refractivity (Wildman–Crippen MR) is 132 cm³/mol. The summed E-state index contributed by atoms with van der Waals surface area (Å²) >= 11 is 6.24. The van der Waals surface area contributed by atoms with Gasteiger partial charge in [0.15, 0.2) is 0 Å². The monoisotopic (exact) mass is 476 g/mol. The molecule has 0 spiro atoms. The highest BCUT2D eigenvalue weighted by Gasteiger charge is 2.23. The summed E-state index contributed by atoms with van der Waals surface area (Å²) in [6, 6.07) is 9.58. The van der Waals surface area contributed by atoms with Crippen LogP contribution in [0.4, 0.5) is 11.8 Å². The Balaban J connectivity index is 1.22. The van der Waals surface area contributed by atoms with Crippen LogP contribution in [0, 0.1) is 0 Å². The van der Waals surface area contributed by atoms with Crippen molar-refractivity contribution in [2.45, 2.75) is 19.4 Å². The molecule has 1 aromatic carbocycles. The fraction of sp³-hybridized carbons (Fsp3) is 0.292. The van der Waals surface area contributed by atoms with E-state index in [0.717, 1.165) is 28.0 Å². The van der Waals surface area contributed by atoms with Gasteiger partial charge in [0.1, 0.15) is 5.82 Å². The number of rotatable bonds is 7. The van der Waals surface area contributed by atoms with Crippen LogP contribution in [0.2, 0.25) is 5.02 Å². The number of aromatic nitrogens is 5. The van der Waals surface area contributed by atoms with Gasteiger partial charge in [-0.2, -0.15) is 0 Å². The van der Waals surface area contributed by atoms with E-state index in [1.54, 1.807) is 18.7 Å². The number of H-pyrrole nitrogens is 1. The normalized spacial score (nSPS) is 13.9. The Morgan fingerprint density at radius 2 is 1.94 bits per heavy atom. The third-order valence-electron chi connectivity index (χ3n) is 5.96. The van der Waals surface area contributed by atoms with Gasteiger partial charge in [0.05, 0.1) is 22.9 Å². The van der Waals surface area contributed by atoms with Crippen molar-refractivity contribution in [1.29, 1.82) is 0 Å². The average Bonchev–Trinajstić information content (AvgIpc) is 3.40. The highest BCUT2D eigenvalue weighted by molar-refractivity contribution is 6.31. The number of imidazole rings is 1. The van der Waals surface area contributed by atoms with Gasteiger partial charge < -0.3 is 20.1 Å². The van der Waals surface area contributed by atoms with Crippen molar-refractivity contribution in [1.82, 2.24) is 29.8 Å². The molecule has 0 atom stereocenters. The number of aryl methyl sites for hydroxylation is 1. The molecule has 0 saturated carbocycles. The fourth-order valence-electron chi connectivity index (χ4n) is 4.08. The maximum absolute atomic E-state index is 12.6. The second-order valence-electron chi connectivity index (χ2n) is 8.13. The molecule has 3 aromatic heterocycles. The molecule has 9 nitrogen and oxygen atoms in total. The molecular formula is C24H25ClN8O. The Labute approximate surface area is 202 Å². The zero-order valence-electron chi connectivity index (χ0n) is 18.6. The number of nitrogens with one attached hydrogen (secondary N) is 2. The summed E-state index contributed by atoms with van der Waals surface area (Å²) in [5.41, 5.74) is 2.71. The lowest BCUT2D eigenvalue weighted by atomic mass is 10.2. The number of amides is 1. The van der Waals surface area contributed by atoms with E-state index in [2.05, 4.69) is 35.1 Å². The highest BCUT2D eigenvalue weighted by Crippen LogP contribution is 2.25. The summed E-state index contributed by atoms with van der Waals surface area (Å²) in [4.78, 5) is 37.6. The molecule has 174 valence electrons. The first-order chi connectivity index (χ1) is 16.7. The number of hydrogen-bond acceptors (Lipinski definition) is 7. The molecule has 1 aliphatic heterocycles. The molecule has 2 N–H and O–H groups in total. The maximum atomic E-state index is 12.6. The third kappa shape index (κ3) is 4.94. The molecule has 0 aliphatic carbocycles. The number of aromatic amines is 1. The lowest BCUT2D eigenvalue weighted by molar-refractivity contribution is -0.131. The van der Waals surface area contributed by atoms with E-state index < -0.39 is 0 Å². The summed E-state index contributed by atoms with van der Waals surface area (Å²) in [6.45, 7) is 3.30. The second-order valence-corrected chi connectivity index (χ2v) is 8.54. The van der Waals surface area contributed by atoms with Crippen molar-refractivity contribution in [3.8, 4) is 0 Å². The Morgan fingerprint density at radius 1 is 1.09 bits per heavy atom. The van der Waals surface area contributed by atoms with Crippen molar-refractivity contribution in [2.24, 2.45) is 0 Å². The van der Waals surface area contributed by atoms with Gasteiger partial charge in [-0.05, 0) is 24.1 Å². The second kappa shape index (κ2) is 10.0. The van der Waals surface area contributed by atoms with E-state index in [9.17, 15) is 4.79 Å². The van der Waals surface area contributed by atoms with E-state index in [1.807, 2.05) is 41.4 Å². The molecule has 0 unspecified atom stereocenters. The minimum absolute atomic E-state index is 0.158. The van der Waals surface area contributed by atoms with Crippen molar-refractivity contribution in [2.75, 3.05) is 36.4 Å². The van der Waals surface area contributed by atoms with Crippen molar-refractivity contribution in [3.63, 3.8) is 0 Å². The van der Waals surface area contributed by atoms with Gasteiger partial charge in [0.2, 0.25) is 11.9 Å². The van der Waals surface area contributed by atoms with E-state index in [4.69, 9.17) is 11.6 Å². The Bertz CT molecular complexity index is 1270. The smallest absolute Gasteiger partial charge is 0.223 e. The number of anilines is 2. The Morgan fingerprint density at radius 3 is 2.74 bits per heavy atom. The molecule has 1 fully saturated rings. The number of nitrogens with zero attached hydrogens (tertiary/aromatic N) is 6. The van der Waals surface area contributed by atoms with Gasteiger partial charge in [-0.3, -0.25) is 4.79 Å². The first kappa shape index (κ1) is 22.1. The zero-order chi connectivity index (χ0) is 23.3. The first-order valence-electron chi connectivity index (χ1n) is 11.3. The molecule has 10 heteroatoms. The summed E-state index contributed by atoms with van der Waals surface area (Å²) in [5, 5.41) is 4.84. The number of carbonyl (C=O) groups excluding carboxylic acids is 1. The van der Waals surface area contributed by atoms with Crippen LogP contribution in [-0.4, -0.2) is 61.9 Å². The van der Waals surface area contributed by atoms with Gasteiger partial charge >= 0.3 is 0 Å². The number of hydrogen-bond donors (Lipinski definition) is 2.